The van der Waals surface area contributed by atoms with Gasteiger partial charge in [0, 0.05) is 11.8 Å². The lowest BCUT2D eigenvalue weighted by atomic mass is 9.90. The van der Waals surface area contributed by atoms with Crippen LogP contribution in [0.4, 0.5) is 22.8 Å². The molecule has 0 saturated carbocycles. The number of hydrogen-bond acceptors (Lipinski definition) is 9. The zero-order valence-electron chi connectivity index (χ0n) is 26.2. The van der Waals surface area contributed by atoms with Crippen LogP contribution in [0.2, 0.25) is 0 Å². The molecule has 2 aromatic rings. The van der Waals surface area contributed by atoms with Crippen LogP contribution in [-0.2, 0) is 24.8 Å². The van der Waals surface area contributed by atoms with Crippen molar-refractivity contribution < 1.29 is 40.7 Å². The molecule has 1 aromatic carbocycles. The maximum absolute atomic E-state index is 15.5. The molecule has 0 unspecified atom stereocenters. The molecule has 3 rings (SSSR count). The van der Waals surface area contributed by atoms with Gasteiger partial charge in [-0.3, -0.25) is 9.98 Å². The molecule has 2 heterocycles. The van der Waals surface area contributed by atoms with Gasteiger partial charge in [-0.05, 0) is 91.3 Å². The predicted octanol–water partition coefficient (Wildman–Crippen LogP) is 6.50. The van der Waals surface area contributed by atoms with Crippen LogP contribution in [0.1, 0.15) is 77.8 Å². The van der Waals surface area contributed by atoms with Crippen molar-refractivity contribution in [2.24, 2.45) is 4.99 Å². The van der Waals surface area contributed by atoms with Crippen LogP contribution < -0.4 is 0 Å². The lowest BCUT2D eigenvalue weighted by Gasteiger charge is -2.42. The Morgan fingerprint density at radius 1 is 1.07 bits per heavy atom. The second-order valence-electron chi connectivity index (χ2n) is 12.9. The highest BCUT2D eigenvalue weighted by Gasteiger charge is 2.56. The minimum atomic E-state index is -4.50. The number of imide groups is 1. The predicted molar refractivity (Wildman–Crippen MR) is 162 cm³/mol. The topological polar surface area (TPSA) is 139 Å². The molecule has 1 aliphatic heterocycles. The van der Waals surface area contributed by atoms with Crippen LogP contribution in [0.15, 0.2) is 41.5 Å². The van der Waals surface area contributed by atoms with Gasteiger partial charge in [0.1, 0.15) is 51.7 Å². The molecule has 14 heteroatoms. The first kappa shape index (κ1) is 35.2. The van der Waals surface area contributed by atoms with E-state index >= 15 is 13.2 Å². The summed E-state index contributed by atoms with van der Waals surface area (Å²) in [6, 6.07) is 7.55. The lowest BCUT2D eigenvalue weighted by Crippen LogP contribution is -2.62. The van der Waals surface area contributed by atoms with E-state index < -0.39 is 79.0 Å². The number of aliphatic imine (C=N–C) groups is 1. The third-order valence-corrected chi connectivity index (χ3v) is 9.17. The summed E-state index contributed by atoms with van der Waals surface area (Å²) in [7, 11) is -4.50. The van der Waals surface area contributed by atoms with E-state index in [0.717, 1.165) is 24.4 Å². The largest absolute Gasteiger partial charge is 0.443 e. The number of benzene rings is 1. The van der Waals surface area contributed by atoms with Crippen LogP contribution in [-0.4, -0.2) is 64.7 Å². The summed E-state index contributed by atoms with van der Waals surface area (Å²) in [5.74, 6) is -3.74. The van der Waals surface area contributed by atoms with Gasteiger partial charge in [0.2, 0.25) is 0 Å². The highest BCUT2D eigenvalue weighted by atomic mass is 32.2. The number of amidine groups is 1. The number of aromatic nitrogens is 1. The van der Waals surface area contributed by atoms with Gasteiger partial charge < -0.3 is 9.47 Å². The Morgan fingerprint density at radius 3 is 2.11 bits per heavy atom. The average Bonchev–Trinajstić information content (AvgIpc) is 2.90. The fraction of sp³-hybridized carbons (Fsp3) is 0.452. The number of alkyl halides is 1. The van der Waals surface area contributed by atoms with E-state index in [2.05, 4.69) is 9.98 Å². The number of hydrogen-bond donors (Lipinski definition) is 0. The molecular formula is C31H35F3N4O6S. The second-order valence-corrected chi connectivity index (χ2v) is 15.5. The van der Waals surface area contributed by atoms with E-state index in [-0.39, 0.29) is 21.7 Å². The van der Waals surface area contributed by atoms with E-state index in [1.165, 1.54) is 73.6 Å². The third-order valence-electron chi connectivity index (χ3n) is 6.57. The molecular weight excluding hydrogens is 613 g/mol. The van der Waals surface area contributed by atoms with E-state index in [1.807, 2.05) is 6.07 Å². The Kier molecular flexibility index (Phi) is 9.61. The number of pyridine rings is 1. The van der Waals surface area contributed by atoms with Crippen LogP contribution in [0.25, 0.3) is 11.9 Å². The number of amides is 2. The Morgan fingerprint density at radius 2 is 1.64 bits per heavy atom. The monoisotopic (exact) mass is 648 g/mol. The van der Waals surface area contributed by atoms with Crippen LogP contribution >= 0.6 is 0 Å². The van der Waals surface area contributed by atoms with Crippen molar-refractivity contribution in [2.45, 2.75) is 76.9 Å². The Bertz CT molecular complexity index is 1670. The maximum atomic E-state index is 15.5. The minimum absolute atomic E-state index is 0.00185. The van der Waals surface area contributed by atoms with E-state index in [9.17, 15) is 18.0 Å². The Hall–Kier alpha value is -4.25. The molecule has 0 N–H and O–H groups in total. The van der Waals surface area contributed by atoms with Gasteiger partial charge in [0.25, 0.3) is 0 Å². The molecule has 1 atom stereocenters. The SMILES string of the molecule is CC(C)(C)OC(=O)N(C(=O)OC(C)(C)C)C1=N[C@](CF)(c2cc(/C=C(\F)c3ccc(C#N)cn3)ccc2F)CS(=O)(=O)C1(C)C. The average molecular weight is 649 g/mol. The van der Waals surface area contributed by atoms with Gasteiger partial charge in [-0.2, -0.15) is 10.2 Å². The molecule has 1 aromatic heterocycles. The van der Waals surface area contributed by atoms with Crippen LogP contribution in [0.5, 0.6) is 0 Å². The zero-order valence-corrected chi connectivity index (χ0v) is 27.1. The molecule has 1 aliphatic rings. The summed E-state index contributed by atoms with van der Waals surface area (Å²) in [6.07, 6.45) is -0.573. The molecule has 45 heavy (non-hydrogen) atoms. The third kappa shape index (κ3) is 7.70. The number of nitrogens with zero attached hydrogens (tertiary/aromatic N) is 4. The van der Waals surface area contributed by atoms with Crippen molar-refractivity contribution in [3.63, 3.8) is 0 Å². The smallest absolute Gasteiger partial charge is 0.425 e. The van der Waals surface area contributed by atoms with Crippen molar-refractivity contribution in [1.82, 2.24) is 9.88 Å². The molecule has 0 bridgehead atoms. The van der Waals surface area contributed by atoms with Crippen molar-refractivity contribution in [3.05, 3.63) is 64.7 Å². The first-order chi connectivity index (χ1) is 20.6. The number of halogens is 3. The van der Waals surface area contributed by atoms with Crippen molar-refractivity contribution in [1.29, 1.82) is 5.26 Å². The van der Waals surface area contributed by atoms with Gasteiger partial charge in [0.05, 0.1) is 17.0 Å². The first-order valence-electron chi connectivity index (χ1n) is 13.7. The standard InChI is InChI=1S/C31H35F3N4O6S/c1-28(2,3)43-26(39)38(27(40)44-29(4,5)6)25-30(7,8)45(41,42)18-31(17-32,37-25)21-13-19(9-11-22(21)33)14-23(34)24-12-10-20(15-35)16-36-24/h9-14,16H,17-18H2,1-8H3/b23-14-/t31-/m0/s1. The number of ether oxygens (including phenoxy) is 2. The first-order valence-corrected chi connectivity index (χ1v) is 15.4. The van der Waals surface area contributed by atoms with Gasteiger partial charge in [0.15, 0.2) is 9.84 Å². The number of carbonyl (C=O) groups is 2. The number of nitriles is 1. The highest BCUT2D eigenvalue weighted by Crippen LogP contribution is 2.41. The summed E-state index contributed by atoms with van der Waals surface area (Å²) >= 11 is 0. The summed E-state index contributed by atoms with van der Waals surface area (Å²) in [5, 5.41) is 8.94. The van der Waals surface area contributed by atoms with Crippen molar-refractivity contribution in [3.8, 4) is 6.07 Å². The summed E-state index contributed by atoms with van der Waals surface area (Å²) in [5.41, 5.74) is -5.33. The summed E-state index contributed by atoms with van der Waals surface area (Å²) in [4.78, 5) is 35.3. The Balaban J connectivity index is 2.28. The van der Waals surface area contributed by atoms with Crippen LogP contribution in [0.3, 0.4) is 0 Å². The van der Waals surface area contributed by atoms with E-state index in [4.69, 9.17) is 14.7 Å². The molecule has 0 spiro atoms. The summed E-state index contributed by atoms with van der Waals surface area (Å²) in [6.45, 7) is 9.81. The quantitative estimate of drug-likeness (QED) is 0.366. The van der Waals surface area contributed by atoms with Gasteiger partial charge in [-0.1, -0.05) is 6.07 Å². The fourth-order valence-electron chi connectivity index (χ4n) is 4.27. The van der Waals surface area contributed by atoms with Crippen molar-refractivity contribution in [2.75, 3.05) is 12.4 Å². The van der Waals surface area contributed by atoms with Gasteiger partial charge >= 0.3 is 12.2 Å². The molecule has 242 valence electrons. The van der Waals surface area contributed by atoms with Gasteiger partial charge in [-0.25, -0.2) is 31.2 Å². The van der Waals surface area contributed by atoms with E-state index in [0.29, 0.717) is 0 Å². The van der Waals surface area contributed by atoms with E-state index in [1.54, 1.807) is 0 Å². The molecule has 0 fully saturated rings. The number of carbonyl (C=O) groups excluding carboxylic acids is 2. The van der Waals surface area contributed by atoms with Crippen LogP contribution in [0, 0.1) is 17.1 Å². The molecule has 10 nitrogen and oxygen atoms in total. The Labute approximate surface area is 260 Å². The molecule has 2 amide bonds. The number of rotatable bonds is 4. The zero-order chi connectivity index (χ0) is 34.2. The van der Waals surface area contributed by atoms with Gasteiger partial charge in [-0.15, -0.1) is 0 Å². The molecule has 0 aliphatic carbocycles. The highest BCUT2D eigenvalue weighted by molar-refractivity contribution is 7.93. The second kappa shape index (κ2) is 12.3. The molecule has 0 saturated heterocycles. The summed E-state index contributed by atoms with van der Waals surface area (Å²) < 4.78 is 82.0. The van der Waals surface area contributed by atoms with Crippen molar-refractivity contribution >= 4 is 39.8 Å². The molecule has 0 radical (unpaired) electrons. The normalized spacial score (nSPS) is 19.6. The lowest BCUT2D eigenvalue weighted by molar-refractivity contribution is 0.0138. The number of sulfone groups is 1. The maximum Gasteiger partial charge on any atom is 0.425 e. The fourth-order valence-corrected chi connectivity index (χ4v) is 5.98. The minimum Gasteiger partial charge on any atom is -0.443 e.